The number of aliphatic carboxylic acids is 1. The quantitative estimate of drug-likeness (QED) is 0.396. The van der Waals surface area contributed by atoms with Crippen LogP contribution in [0.3, 0.4) is 0 Å². The smallest absolute Gasteiger partial charge is 0.324 e. The molecule has 1 aromatic heterocycles. The number of rotatable bonds is 6. The molecule has 1 fully saturated rings. The Morgan fingerprint density at radius 3 is 2.67 bits per heavy atom. The van der Waals surface area contributed by atoms with Crippen molar-refractivity contribution in [2.45, 2.75) is 26.8 Å². The van der Waals surface area contributed by atoms with Gasteiger partial charge in [0.1, 0.15) is 0 Å². The first-order valence-corrected chi connectivity index (χ1v) is 8.69. The van der Waals surface area contributed by atoms with E-state index in [9.17, 15) is 20.0 Å². The van der Waals surface area contributed by atoms with Crippen LogP contribution in [0.15, 0.2) is 21.7 Å². The van der Waals surface area contributed by atoms with Crippen molar-refractivity contribution in [2.75, 3.05) is 0 Å². The second kappa shape index (κ2) is 6.37. The van der Waals surface area contributed by atoms with Gasteiger partial charge in [0.2, 0.25) is 0 Å². The van der Waals surface area contributed by atoms with Crippen LogP contribution in [0.5, 0.6) is 0 Å². The molecule has 0 bridgehead atoms. The Kier molecular flexibility index (Phi) is 4.98. The molecule has 2 rings (SSSR count). The molecule has 8 heteroatoms. The molecule has 1 aliphatic carbocycles. The molecule has 1 saturated carbocycles. The summed E-state index contributed by atoms with van der Waals surface area (Å²) in [4.78, 5) is 22.6. The second-order valence-corrected chi connectivity index (χ2v) is 9.18. The number of terminal acetylenes is 1. The largest absolute Gasteiger partial charge is 0.481 e. The molecule has 0 spiro atoms. The number of carbonyl (C=O) groups is 1. The van der Waals surface area contributed by atoms with Gasteiger partial charge in [0, 0.05) is 17.5 Å². The van der Waals surface area contributed by atoms with Gasteiger partial charge in [-0.25, -0.2) is 4.57 Å². The number of halogens is 2. The molecule has 1 aliphatic rings. The number of hydrogen-bond donors (Lipinski definition) is 1. The zero-order valence-corrected chi connectivity index (χ0v) is 16.3. The Balaban J connectivity index is 2.43. The van der Waals surface area contributed by atoms with Crippen LogP contribution in [0, 0.1) is 39.2 Å². The lowest BCUT2D eigenvalue weighted by molar-refractivity contribution is -0.391. The van der Waals surface area contributed by atoms with Crippen LogP contribution in [0.2, 0.25) is 0 Å². The molecule has 1 aromatic rings. The third kappa shape index (κ3) is 2.91. The number of carboxylic acid groups (broad SMARTS) is 1. The van der Waals surface area contributed by atoms with E-state index >= 15 is 0 Å². The van der Waals surface area contributed by atoms with Crippen molar-refractivity contribution in [3.05, 3.63) is 37.4 Å². The molecular weight excluding hydrogens is 444 g/mol. The highest BCUT2D eigenvalue weighted by molar-refractivity contribution is 9.28. The van der Waals surface area contributed by atoms with E-state index < -0.39 is 21.7 Å². The molecule has 0 aromatic carbocycles. The molecule has 0 amide bonds. The van der Waals surface area contributed by atoms with Crippen LogP contribution in [-0.2, 0) is 17.8 Å². The lowest BCUT2D eigenvalue weighted by Crippen LogP contribution is -2.24. The molecule has 0 aliphatic heterocycles. The van der Waals surface area contributed by atoms with Crippen molar-refractivity contribution in [2.24, 2.45) is 16.7 Å². The SMILES string of the molecule is C#CCn1cc(C[C@@]2(C(=O)O)[C@H](C=C(Br)Br)C2(C)C)cc1[N+](=O)[O-]. The second-order valence-electron chi connectivity index (χ2n) is 6.40. The van der Waals surface area contributed by atoms with Crippen LogP contribution in [0.25, 0.3) is 0 Å². The van der Waals surface area contributed by atoms with Gasteiger partial charge in [-0.2, -0.15) is 0 Å². The van der Waals surface area contributed by atoms with Crippen LogP contribution in [-0.4, -0.2) is 20.6 Å². The average molecular weight is 460 g/mol. The molecule has 128 valence electrons. The Hall–Kier alpha value is -1.59. The van der Waals surface area contributed by atoms with Crippen LogP contribution >= 0.6 is 31.9 Å². The Labute approximate surface area is 156 Å². The molecule has 0 unspecified atom stereocenters. The zero-order valence-electron chi connectivity index (χ0n) is 13.1. The minimum Gasteiger partial charge on any atom is -0.481 e. The number of carboxylic acids is 1. The molecule has 0 radical (unpaired) electrons. The summed E-state index contributed by atoms with van der Waals surface area (Å²) in [7, 11) is 0. The fourth-order valence-electron chi connectivity index (χ4n) is 3.55. The average Bonchev–Trinajstić information content (AvgIpc) is 2.78. The highest BCUT2D eigenvalue weighted by Gasteiger charge is 2.74. The van der Waals surface area contributed by atoms with Gasteiger partial charge in [-0.05, 0) is 48.6 Å². The maximum Gasteiger partial charge on any atom is 0.324 e. The van der Waals surface area contributed by atoms with Crippen LogP contribution in [0.4, 0.5) is 5.82 Å². The van der Waals surface area contributed by atoms with Gasteiger partial charge >= 0.3 is 11.8 Å². The van der Waals surface area contributed by atoms with Crippen LogP contribution in [0.1, 0.15) is 19.4 Å². The summed E-state index contributed by atoms with van der Waals surface area (Å²) in [5, 5.41) is 21.0. The van der Waals surface area contributed by atoms with E-state index in [0.29, 0.717) is 8.96 Å². The number of nitro groups is 1. The van der Waals surface area contributed by atoms with Gasteiger partial charge < -0.3 is 15.2 Å². The van der Waals surface area contributed by atoms with Gasteiger partial charge in [-0.3, -0.25) is 4.79 Å². The molecule has 0 saturated heterocycles. The van der Waals surface area contributed by atoms with Crippen molar-refractivity contribution in [3.8, 4) is 12.3 Å². The molecule has 24 heavy (non-hydrogen) atoms. The zero-order chi connectivity index (χ0) is 18.3. The van der Waals surface area contributed by atoms with E-state index in [4.69, 9.17) is 6.42 Å². The summed E-state index contributed by atoms with van der Waals surface area (Å²) < 4.78 is 2.04. The summed E-state index contributed by atoms with van der Waals surface area (Å²) in [6.07, 6.45) is 8.83. The third-order valence-electron chi connectivity index (χ3n) is 4.91. The number of allylic oxidation sites excluding steroid dienone is 1. The van der Waals surface area contributed by atoms with Crippen molar-refractivity contribution in [1.82, 2.24) is 4.57 Å². The van der Waals surface area contributed by atoms with E-state index in [-0.39, 0.29) is 24.7 Å². The number of nitrogens with zero attached hydrogens (tertiary/aromatic N) is 2. The standard InChI is InChI=1S/C16H16Br2N2O4/c1-4-5-19-9-10(6-13(19)20(23)24)8-16(14(21)22)11(7-12(17)18)15(16,2)3/h1,6-7,9,11H,5,8H2,2-3H3,(H,21,22)/t11-,16+/m1/s1. The third-order valence-corrected chi connectivity index (χ3v) is 5.44. The number of hydrogen-bond acceptors (Lipinski definition) is 3. The molecule has 1 N–H and O–H groups in total. The monoisotopic (exact) mass is 458 g/mol. The van der Waals surface area contributed by atoms with E-state index in [1.54, 1.807) is 6.20 Å². The topological polar surface area (TPSA) is 85.4 Å². The number of aromatic nitrogens is 1. The van der Waals surface area contributed by atoms with E-state index in [0.717, 1.165) is 0 Å². The molecule has 1 heterocycles. The Morgan fingerprint density at radius 1 is 1.58 bits per heavy atom. The first-order valence-electron chi connectivity index (χ1n) is 7.11. The first-order chi connectivity index (χ1) is 11.1. The highest BCUT2D eigenvalue weighted by atomic mass is 79.9. The van der Waals surface area contributed by atoms with Gasteiger partial charge in [-0.15, -0.1) is 6.42 Å². The fourth-order valence-corrected chi connectivity index (χ4v) is 4.08. The summed E-state index contributed by atoms with van der Waals surface area (Å²) in [5.74, 6) is 1.12. The predicted octanol–water partition coefficient (Wildman–Crippen LogP) is 3.93. The first kappa shape index (κ1) is 18.7. The Bertz CT molecular complexity index is 772. The lowest BCUT2D eigenvalue weighted by Gasteiger charge is -2.13. The normalized spacial score (nSPS) is 24.0. The van der Waals surface area contributed by atoms with Crippen molar-refractivity contribution in [1.29, 1.82) is 0 Å². The Morgan fingerprint density at radius 2 is 2.21 bits per heavy atom. The molecule has 2 atom stereocenters. The minimum atomic E-state index is -1.02. The van der Waals surface area contributed by atoms with Gasteiger partial charge in [-0.1, -0.05) is 25.8 Å². The summed E-state index contributed by atoms with van der Waals surface area (Å²) in [6, 6.07) is 1.40. The minimum absolute atomic E-state index is 0.0655. The summed E-state index contributed by atoms with van der Waals surface area (Å²) >= 11 is 6.55. The summed E-state index contributed by atoms with van der Waals surface area (Å²) in [6.45, 7) is 3.84. The lowest BCUT2D eigenvalue weighted by atomic mass is 9.89. The van der Waals surface area contributed by atoms with Crippen LogP contribution < -0.4 is 0 Å². The van der Waals surface area contributed by atoms with Gasteiger partial charge in [0.05, 0.1) is 15.0 Å². The predicted molar refractivity (Wildman–Crippen MR) is 96.9 cm³/mol. The highest BCUT2D eigenvalue weighted by Crippen LogP contribution is 2.71. The van der Waals surface area contributed by atoms with Gasteiger partial charge in [0.25, 0.3) is 0 Å². The molecule has 6 nitrogen and oxygen atoms in total. The fraction of sp³-hybridized carbons (Fsp3) is 0.438. The van der Waals surface area contributed by atoms with Crippen molar-refractivity contribution < 1.29 is 14.8 Å². The van der Waals surface area contributed by atoms with Crippen molar-refractivity contribution in [3.63, 3.8) is 0 Å². The van der Waals surface area contributed by atoms with Crippen molar-refractivity contribution >= 4 is 43.6 Å². The van der Waals surface area contributed by atoms with Gasteiger partial charge in [0.15, 0.2) is 6.54 Å². The maximum absolute atomic E-state index is 12.0. The van der Waals surface area contributed by atoms with E-state index in [2.05, 4.69) is 37.8 Å². The van der Waals surface area contributed by atoms with E-state index in [1.165, 1.54) is 10.6 Å². The maximum atomic E-state index is 12.0. The summed E-state index contributed by atoms with van der Waals surface area (Å²) in [5.41, 5.74) is -0.904. The molecular formula is C16H16Br2N2O4. The van der Waals surface area contributed by atoms with E-state index in [1.807, 2.05) is 19.9 Å².